The molecule has 186 valence electrons. The molecule has 1 atom stereocenters. The highest BCUT2D eigenvalue weighted by atomic mass is 19.1. The summed E-state index contributed by atoms with van der Waals surface area (Å²) in [5.74, 6) is 0.332. The second-order valence-corrected chi connectivity index (χ2v) is 9.29. The third-order valence-corrected chi connectivity index (χ3v) is 6.96. The van der Waals surface area contributed by atoms with Crippen LogP contribution in [0.4, 0.5) is 10.3 Å². The minimum absolute atomic E-state index is 0.174. The Morgan fingerprint density at radius 3 is 2.26 bits per heavy atom. The maximum absolute atomic E-state index is 13.8. The molecule has 6 nitrogen and oxygen atoms in total. The van der Waals surface area contributed by atoms with E-state index in [9.17, 15) is 9.65 Å². The molecule has 7 heteroatoms. The Balaban J connectivity index is 1.47. The van der Waals surface area contributed by atoms with Crippen molar-refractivity contribution < 1.29 is 4.39 Å². The number of nitrogens with zero attached hydrogens (tertiary/aromatic N) is 5. The lowest BCUT2D eigenvalue weighted by atomic mass is 10.0. The van der Waals surface area contributed by atoms with Gasteiger partial charge in [-0.2, -0.15) is 10.4 Å². The fraction of sp³-hybridized carbons (Fsp3) is 0.0312. The second-order valence-electron chi connectivity index (χ2n) is 9.29. The van der Waals surface area contributed by atoms with E-state index in [1.807, 2.05) is 66.7 Å². The predicted octanol–water partition coefficient (Wildman–Crippen LogP) is 6.96. The molecule has 0 bridgehead atoms. The molecule has 0 saturated heterocycles. The van der Waals surface area contributed by atoms with Crippen molar-refractivity contribution in [2.24, 2.45) is 0 Å². The van der Waals surface area contributed by atoms with Gasteiger partial charge in [0, 0.05) is 5.56 Å². The first-order chi connectivity index (χ1) is 19.2. The first-order valence-electron chi connectivity index (χ1n) is 12.6. The third kappa shape index (κ3) is 3.78. The van der Waals surface area contributed by atoms with Crippen LogP contribution in [0.1, 0.15) is 22.9 Å². The van der Waals surface area contributed by atoms with Gasteiger partial charge >= 0.3 is 0 Å². The summed E-state index contributed by atoms with van der Waals surface area (Å²) in [5.41, 5.74) is 6.69. The molecule has 3 heterocycles. The van der Waals surface area contributed by atoms with Gasteiger partial charge < -0.3 is 5.32 Å². The van der Waals surface area contributed by atoms with Crippen LogP contribution in [0.3, 0.4) is 0 Å². The summed E-state index contributed by atoms with van der Waals surface area (Å²) in [6.07, 6.45) is 2.09. The number of aromatic nitrogens is 4. The molecule has 0 amide bonds. The van der Waals surface area contributed by atoms with Crippen LogP contribution in [0.5, 0.6) is 0 Å². The fourth-order valence-electron chi connectivity index (χ4n) is 5.19. The molecule has 0 fully saturated rings. The van der Waals surface area contributed by atoms with Crippen molar-refractivity contribution in [1.29, 1.82) is 5.26 Å². The van der Waals surface area contributed by atoms with Crippen LogP contribution >= 0.6 is 0 Å². The van der Waals surface area contributed by atoms with Gasteiger partial charge in [0.1, 0.15) is 23.1 Å². The quantitative estimate of drug-likeness (QED) is 0.280. The third-order valence-electron chi connectivity index (χ3n) is 6.96. The normalized spacial score (nSPS) is 14.4. The molecule has 2 aromatic heterocycles. The first-order valence-corrected chi connectivity index (χ1v) is 12.6. The van der Waals surface area contributed by atoms with E-state index in [2.05, 4.69) is 40.2 Å². The Morgan fingerprint density at radius 1 is 0.821 bits per heavy atom. The van der Waals surface area contributed by atoms with Crippen molar-refractivity contribution in [2.45, 2.75) is 6.04 Å². The van der Waals surface area contributed by atoms with Gasteiger partial charge in [0.15, 0.2) is 0 Å². The maximum Gasteiger partial charge on any atom is 0.209 e. The number of nitrogens with one attached hydrogen (secondary N) is 1. The second kappa shape index (κ2) is 9.12. The maximum atomic E-state index is 13.8. The molecular formula is C32H21FN6. The number of hydrogen-bond donors (Lipinski definition) is 1. The highest BCUT2D eigenvalue weighted by Crippen LogP contribution is 2.39. The van der Waals surface area contributed by atoms with Crippen molar-refractivity contribution in [3.8, 4) is 23.0 Å². The van der Waals surface area contributed by atoms with Crippen LogP contribution in [-0.4, -0.2) is 19.3 Å². The van der Waals surface area contributed by atoms with Gasteiger partial charge in [-0.15, -0.1) is 0 Å². The Kier molecular flexibility index (Phi) is 5.31. The Hall–Kier alpha value is -5.48. The molecule has 0 aliphatic carbocycles. The van der Waals surface area contributed by atoms with Crippen LogP contribution < -0.4 is 5.32 Å². The first kappa shape index (κ1) is 22.7. The summed E-state index contributed by atoms with van der Waals surface area (Å²) in [6, 6.07) is 36.2. The zero-order valence-corrected chi connectivity index (χ0v) is 20.7. The molecule has 1 aliphatic rings. The van der Waals surface area contributed by atoms with Gasteiger partial charge in [-0.05, 0) is 48.0 Å². The number of para-hydroxylation sites is 2. The molecule has 1 unspecified atom stereocenters. The molecule has 1 N–H and O–H groups in total. The van der Waals surface area contributed by atoms with Crippen molar-refractivity contribution in [1.82, 2.24) is 19.3 Å². The summed E-state index contributed by atoms with van der Waals surface area (Å²) in [7, 11) is 0. The number of hydrogen-bond acceptors (Lipinski definition) is 4. The lowest BCUT2D eigenvalue weighted by molar-refractivity contribution is 0.627. The number of allylic oxidation sites excluding steroid dienone is 1. The monoisotopic (exact) mass is 508 g/mol. The summed E-state index contributed by atoms with van der Waals surface area (Å²) in [4.78, 5) is 4.87. The van der Waals surface area contributed by atoms with Crippen molar-refractivity contribution in [2.75, 3.05) is 5.32 Å². The van der Waals surface area contributed by atoms with E-state index >= 15 is 0 Å². The van der Waals surface area contributed by atoms with Crippen LogP contribution in [0, 0.1) is 17.1 Å². The van der Waals surface area contributed by atoms with Crippen molar-refractivity contribution >= 4 is 22.7 Å². The minimum Gasteiger partial charge on any atom is -0.324 e. The molecule has 1 aliphatic heterocycles. The summed E-state index contributed by atoms with van der Waals surface area (Å²) >= 11 is 0. The van der Waals surface area contributed by atoms with Gasteiger partial charge in [-0.1, -0.05) is 72.8 Å². The zero-order chi connectivity index (χ0) is 26.3. The van der Waals surface area contributed by atoms with Gasteiger partial charge in [-0.3, -0.25) is 4.57 Å². The lowest BCUT2D eigenvalue weighted by Gasteiger charge is -2.26. The van der Waals surface area contributed by atoms with Crippen molar-refractivity contribution in [3.05, 3.63) is 138 Å². The van der Waals surface area contributed by atoms with Gasteiger partial charge in [0.05, 0.1) is 34.2 Å². The van der Waals surface area contributed by atoms with E-state index in [1.165, 1.54) is 12.1 Å². The molecule has 6 aromatic rings. The highest BCUT2D eigenvalue weighted by molar-refractivity contribution is 5.88. The average molecular weight is 509 g/mol. The van der Waals surface area contributed by atoms with E-state index < -0.39 is 0 Å². The van der Waals surface area contributed by atoms with Crippen LogP contribution in [-0.2, 0) is 0 Å². The largest absolute Gasteiger partial charge is 0.324 e. The topological polar surface area (TPSA) is 71.5 Å². The van der Waals surface area contributed by atoms with E-state index in [-0.39, 0.29) is 11.9 Å². The smallest absolute Gasteiger partial charge is 0.209 e. The Bertz CT molecular complexity index is 1890. The number of nitriles is 1. The number of benzene rings is 4. The number of fused-ring (bicyclic) bond motifs is 3. The van der Waals surface area contributed by atoms with Crippen molar-refractivity contribution in [3.63, 3.8) is 0 Å². The van der Waals surface area contributed by atoms with Gasteiger partial charge in [-0.25, -0.2) is 14.1 Å². The molecule has 4 aromatic carbocycles. The number of rotatable bonds is 4. The SMILES string of the molecule is N#Cc1c(C2=CC(c3ccccc3)n3c(nc4ccccc43)N2)nn(-c2ccc(F)cc2)c1-c1ccccc1. The molecule has 7 rings (SSSR count). The fourth-order valence-corrected chi connectivity index (χ4v) is 5.19. The van der Waals surface area contributed by atoms with E-state index in [0.29, 0.717) is 34.3 Å². The lowest BCUT2D eigenvalue weighted by Crippen LogP contribution is -2.19. The summed E-state index contributed by atoms with van der Waals surface area (Å²) < 4.78 is 17.7. The summed E-state index contributed by atoms with van der Waals surface area (Å²) in [6.45, 7) is 0. The molecule has 0 radical (unpaired) electrons. The van der Waals surface area contributed by atoms with Crippen LogP contribution in [0.15, 0.2) is 115 Å². The highest BCUT2D eigenvalue weighted by Gasteiger charge is 2.30. The molecule has 0 spiro atoms. The van der Waals surface area contributed by atoms with E-state index in [4.69, 9.17) is 10.1 Å². The summed E-state index contributed by atoms with van der Waals surface area (Å²) in [5, 5.41) is 18.8. The molecule has 0 saturated carbocycles. The van der Waals surface area contributed by atoms with Gasteiger partial charge in [0.2, 0.25) is 5.95 Å². The Labute approximate surface area is 223 Å². The predicted molar refractivity (Wildman–Crippen MR) is 150 cm³/mol. The molecule has 39 heavy (non-hydrogen) atoms. The van der Waals surface area contributed by atoms with Gasteiger partial charge in [0.25, 0.3) is 0 Å². The minimum atomic E-state index is -0.339. The number of anilines is 1. The number of imidazole rings is 1. The van der Waals surface area contributed by atoms with Crippen LogP contribution in [0.2, 0.25) is 0 Å². The average Bonchev–Trinajstić information content (AvgIpc) is 3.57. The standard InChI is InChI=1S/C32H21FN6/c33-23-15-17-24(18-16-23)39-31(22-11-5-2-6-12-22)25(20-34)30(37-39)27-19-29(21-9-3-1-4-10-21)38-28-14-8-7-13-26(28)35-32(38)36-27/h1-19,29H,(H,35,36). The van der Waals surface area contributed by atoms with Crippen LogP contribution in [0.25, 0.3) is 33.7 Å². The molecular weight excluding hydrogens is 487 g/mol. The van der Waals surface area contributed by atoms with E-state index in [0.717, 1.165) is 22.2 Å². The zero-order valence-electron chi connectivity index (χ0n) is 20.7. The Morgan fingerprint density at radius 2 is 1.51 bits per heavy atom. The number of halogens is 1. The van der Waals surface area contributed by atoms with E-state index in [1.54, 1.807) is 16.8 Å².